The highest BCUT2D eigenvalue weighted by atomic mass is 16.7. The van der Waals surface area contributed by atoms with E-state index in [1.807, 2.05) is 0 Å². The van der Waals surface area contributed by atoms with Gasteiger partial charge in [-0.15, -0.1) is 0 Å². The van der Waals surface area contributed by atoms with Crippen LogP contribution in [0.3, 0.4) is 0 Å². The molecule has 1 fully saturated rings. The molecule has 1 aliphatic heterocycles. The number of rotatable bonds is 7. The Hall–Kier alpha value is -3.14. The fourth-order valence-electron chi connectivity index (χ4n) is 3.29. The Morgan fingerprint density at radius 1 is 0.774 bits per heavy atom. The van der Waals surface area contributed by atoms with E-state index < -0.39 is 54.4 Å². The third-order valence-electron chi connectivity index (χ3n) is 4.44. The Bertz CT molecular complexity index is 803. The predicted molar refractivity (Wildman–Crippen MR) is 104 cm³/mol. The van der Waals surface area contributed by atoms with E-state index in [2.05, 4.69) is 0 Å². The van der Waals surface area contributed by atoms with Crippen molar-refractivity contribution in [3.63, 3.8) is 0 Å². The molecule has 0 bridgehead atoms. The maximum atomic E-state index is 11.8. The molecular formula is C21H26O10. The fraction of sp³-hybridized carbons (Fsp3) is 0.524. The van der Waals surface area contributed by atoms with Gasteiger partial charge in [-0.2, -0.15) is 0 Å². The molecule has 10 heteroatoms. The first-order chi connectivity index (χ1) is 14.6. The van der Waals surface area contributed by atoms with Crippen molar-refractivity contribution in [2.24, 2.45) is 0 Å². The highest BCUT2D eigenvalue weighted by Gasteiger charge is 2.52. The number of hydrogen-bond donors (Lipinski definition) is 0. The molecule has 0 amide bonds. The van der Waals surface area contributed by atoms with Gasteiger partial charge in [-0.1, -0.05) is 12.1 Å². The average molecular weight is 438 g/mol. The number of carbonyl (C=O) groups is 4. The molecule has 0 unspecified atom stereocenters. The average Bonchev–Trinajstić information content (AvgIpc) is 2.68. The molecule has 5 atom stereocenters. The van der Waals surface area contributed by atoms with Gasteiger partial charge in [-0.25, -0.2) is 0 Å². The minimum Gasteiger partial charge on any atom is -0.497 e. The van der Waals surface area contributed by atoms with Crippen molar-refractivity contribution in [3.8, 4) is 5.75 Å². The van der Waals surface area contributed by atoms with Crippen molar-refractivity contribution in [2.45, 2.75) is 58.2 Å². The van der Waals surface area contributed by atoms with Crippen LogP contribution in [-0.4, -0.2) is 62.0 Å². The summed E-state index contributed by atoms with van der Waals surface area (Å²) in [7, 11) is 1.52. The zero-order valence-corrected chi connectivity index (χ0v) is 18.0. The lowest BCUT2D eigenvalue weighted by Crippen LogP contribution is -2.59. The minimum absolute atomic E-state index is 0.273. The largest absolute Gasteiger partial charge is 0.497 e. The lowest BCUT2D eigenvalue weighted by Gasteiger charge is -2.44. The zero-order chi connectivity index (χ0) is 23.1. The van der Waals surface area contributed by atoms with Crippen LogP contribution in [0.4, 0.5) is 0 Å². The van der Waals surface area contributed by atoms with Crippen molar-refractivity contribution in [1.82, 2.24) is 0 Å². The van der Waals surface area contributed by atoms with Crippen LogP contribution in [0.1, 0.15) is 39.4 Å². The van der Waals surface area contributed by atoms with Gasteiger partial charge in [-0.3, -0.25) is 19.2 Å². The quantitative estimate of drug-likeness (QED) is 0.457. The van der Waals surface area contributed by atoms with Crippen molar-refractivity contribution in [3.05, 3.63) is 29.8 Å². The first-order valence-electron chi connectivity index (χ1n) is 9.56. The molecule has 1 aromatic rings. The van der Waals surface area contributed by atoms with Crippen LogP contribution in [0.25, 0.3) is 0 Å². The highest BCUT2D eigenvalue weighted by molar-refractivity contribution is 5.68. The molecule has 0 saturated carbocycles. The SMILES string of the molecule is COc1ccc([C@@H]2O[C@H](COC(C)=O)[C@@H](OC(C)=O)[C@H](OC(C)=O)[C@H]2OC(C)=O)cc1. The van der Waals surface area contributed by atoms with Crippen LogP contribution in [0.2, 0.25) is 0 Å². The lowest BCUT2D eigenvalue weighted by molar-refractivity contribution is -0.254. The third-order valence-corrected chi connectivity index (χ3v) is 4.44. The van der Waals surface area contributed by atoms with Gasteiger partial charge in [0.25, 0.3) is 0 Å². The van der Waals surface area contributed by atoms with Crippen LogP contribution in [-0.2, 0) is 42.9 Å². The summed E-state index contributed by atoms with van der Waals surface area (Å²) >= 11 is 0. The van der Waals surface area contributed by atoms with Crippen molar-refractivity contribution in [2.75, 3.05) is 13.7 Å². The van der Waals surface area contributed by atoms with Gasteiger partial charge in [0.2, 0.25) is 0 Å². The molecule has 1 aromatic carbocycles. The van der Waals surface area contributed by atoms with E-state index in [-0.39, 0.29) is 6.61 Å². The van der Waals surface area contributed by atoms with Gasteiger partial charge in [-0.05, 0) is 17.7 Å². The predicted octanol–water partition coefficient (Wildman–Crippen LogP) is 1.49. The summed E-state index contributed by atoms with van der Waals surface area (Å²) in [6.45, 7) is 4.49. The van der Waals surface area contributed by atoms with Gasteiger partial charge >= 0.3 is 23.9 Å². The van der Waals surface area contributed by atoms with Crippen LogP contribution in [0.5, 0.6) is 5.75 Å². The van der Waals surface area contributed by atoms with Crippen molar-refractivity contribution >= 4 is 23.9 Å². The summed E-state index contributed by atoms with van der Waals surface area (Å²) in [5.74, 6) is -1.99. The van der Waals surface area contributed by atoms with E-state index in [1.54, 1.807) is 24.3 Å². The molecule has 31 heavy (non-hydrogen) atoms. The van der Waals surface area contributed by atoms with Gasteiger partial charge in [0, 0.05) is 27.7 Å². The number of carbonyl (C=O) groups excluding carboxylic acids is 4. The molecule has 1 aliphatic rings. The van der Waals surface area contributed by atoms with Crippen molar-refractivity contribution in [1.29, 1.82) is 0 Å². The summed E-state index contributed by atoms with van der Waals surface area (Å²) < 4.78 is 32.5. The van der Waals surface area contributed by atoms with E-state index >= 15 is 0 Å². The van der Waals surface area contributed by atoms with E-state index in [0.29, 0.717) is 11.3 Å². The molecule has 0 spiro atoms. The Kier molecular flexibility index (Phi) is 8.38. The smallest absolute Gasteiger partial charge is 0.303 e. The van der Waals surface area contributed by atoms with Crippen molar-refractivity contribution < 1.29 is 47.6 Å². The number of methoxy groups -OCH3 is 1. The van der Waals surface area contributed by atoms with E-state index in [4.69, 9.17) is 28.4 Å². The molecule has 170 valence electrons. The molecule has 2 rings (SSSR count). The Morgan fingerprint density at radius 2 is 1.29 bits per heavy atom. The van der Waals surface area contributed by atoms with Gasteiger partial charge < -0.3 is 28.4 Å². The lowest BCUT2D eigenvalue weighted by atomic mass is 9.90. The molecule has 1 heterocycles. The number of ether oxygens (including phenoxy) is 6. The Balaban J connectivity index is 2.51. The van der Waals surface area contributed by atoms with E-state index in [0.717, 1.165) is 0 Å². The first-order valence-corrected chi connectivity index (χ1v) is 9.56. The first kappa shape index (κ1) is 24.1. The standard InChI is InChI=1S/C21H26O10/c1-11(22)27-10-17-19(28-12(2)23)21(30-14(4)25)20(29-13(3)24)18(31-17)15-6-8-16(26-5)9-7-15/h6-9,17-21H,10H2,1-5H3/t17-,18+,19-,20+,21+/m1/s1. The molecule has 0 aliphatic carbocycles. The summed E-state index contributed by atoms with van der Waals surface area (Å²) in [6, 6.07) is 6.76. The molecular weight excluding hydrogens is 412 g/mol. The van der Waals surface area contributed by atoms with E-state index in [9.17, 15) is 19.2 Å². The number of hydrogen-bond acceptors (Lipinski definition) is 10. The van der Waals surface area contributed by atoms with Crippen LogP contribution >= 0.6 is 0 Å². The van der Waals surface area contributed by atoms with Crippen LogP contribution in [0.15, 0.2) is 24.3 Å². The second-order valence-corrected chi connectivity index (χ2v) is 6.89. The summed E-state index contributed by atoms with van der Waals surface area (Å²) in [5.41, 5.74) is 0.582. The van der Waals surface area contributed by atoms with Gasteiger partial charge in [0.05, 0.1) is 7.11 Å². The zero-order valence-electron chi connectivity index (χ0n) is 18.0. The third kappa shape index (κ3) is 6.68. The monoisotopic (exact) mass is 438 g/mol. The number of esters is 4. The topological polar surface area (TPSA) is 124 Å². The fourth-order valence-corrected chi connectivity index (χ4v) is 3.29. The molecule has 0 N–H and O–H groups in total. The summed E-state index contributed by atoms with van der Waals surface area (Å²) in [4.78, 5) is 46.7. The highest BCUT2D eigenvalue weighted by Crippen LogP contribution is 2.38. The maximum absolute atomic E-state index is 11.8. The maximum Gasteiger partial charge on any atom is 0.303 e. The molecule has 1 saturated heterocycles. The van der Waals surface area contributed by atoms with Crippen LogP contribution < -0.4 is 4.74 Å². The minimum atomic E-state index is -1.20. The second kappa shape index (κ2) is 10.8. The van der Waals surface area contributed by atoms with E-state index in [1.165, 1.54) is 34.8 Å². The molecule has 10 nitrogen and oxygen atoms in total. The van der Waals surface area contributed by atoms with Crippen LogP contribution in [0, 0.1) is 0 Å². The molecule has 0 aromatic heterocycles. The van der Waals surface area contributed by atoms with Gasteiger partial charge in [0.15, 0.2) is 18.3 Å². The normalized spacial score (nSPS) is 25.1. The summed E-state index contributed by atoms with van der Waals surface area (Å²) in [6.07, 6.45) is -5.42. The number of benzene rings is 1. The van der Waals surface area contributed by atoms with Gasteiger partial charge in [0.1, 0.15) is 24.6 Å². The Morgan fingerprint density at radius 3 is 1.77 bits per heavy atom. The summed E-state index contributed by atoms with van der Waals surface area (Å²) in [5, 5.41) is 0. The molecule has 0 radical (unpaired) electrons. The second-order valence-electron chi connectivity index (χ2n) is 6.89. The Labute approximate surface area is 179 Å².